The number of halogens is 1. The van der Waals surface area contributed by atoms with Crippen LogP contribution in [-0.4, -0.2) is 11.4 Å². The highest BCUT2D eigenvalue weighted by Crippen LogP contribution is 2.32. The summed E-state index contributed by atoms with van der Waals surface area (Å²) in [7, 11) is 0. The summed E-state index contributed by atoms with van der Waals surface area (Å²) in [6.45, 7) is -0.191. The maximum atomic E-state index is 13.1. The average Bonchev–Trinajstić information content (AvgIpc) is 2.56. The van der Waals surface area contributed by atoms with Gasteiger partial charge in [-0.2, -0.15) is 5.26 Å². The number of aliphatic hydroxyl groups is 1. The molecule has 22 heavy (non-hydrogen) atoms. The van der Waals surface area contributed by atoms with Gasteiger partial charge in [0.25, 0.3) is 0 Å². The van der Waals surface area contributed by atoms with Gasteiger partial charge in [0.05, 0.1) is 18.2 Å². The smallest absolute Gasteiger partial charge is 0.123 e. The Morgan fingerprint density at radius 2 is 1.95 bits per heavy atom. The highest BCUT2D eigenvalue weighted by atomic mass is 19.1. The zero-order valence-corrected chi connectivity index (χ0v) is 12.0. The summed E-state index contributed by atoms with van der Waals surface area (Å²) in [5.41, 5.74) is 2.86. The van der Waals surface area contributed by atoms with Crippen LogP contribution >= 0.6 is 0 Å². The van der Waals surface area contributed by atoms with Crippen molar-refractivity contribution >= 4 is 6.29 Å². The fourth-order valence-corrected chi connectivity index (χ4v) is 2.58. The van der Waals surface area contributed by atoms with Crippen molar-refractivity contribution in [3.05, 3.63) is 70.5 Å². The van der Waals surface area contributed by atoms with Crippen LogP contribution in [0.2, 0.25) is 0 Å². The fourth-order valence-electron chi connectivity index (χ4n) is 2.58. The van der Waals surface area contributed by atoms with Crippen molar-refractivity contribution in [2.45, 2.75) is 25.4 Å². The van der Waals surface area contributed by atoms with Crippen molar-refractivity contribution in [1.29, 1.82) is 5.26 Å². The van der Waals surface area contributed by atoms with Gasteiger partial charge >= 0.3 is 0 Å². The van der Waals surface area contributed by atoms with E-state index in [0.717, 1.165) is 17.4 Å². The van der Waals surface area contributed by atoms with Gasteiger partial charge < -0.3 is 9.90 Å². The van der Waals surface area contributed by atoms with Crippen LogP contribution in [0.25, 0.3) is 0 Å². The first-order valence-corrected chi connectivity index (χ1v) is 7.02. The quantitative estimate of drug-likeness (QED) is 0.832. The Morgan fingerprint density at radius 1 is 1.23 bits per heavy atom. The van der Waals surface area contributed by atoms with Crippen molar-refractivity contribution < 1.29 is 14.3 Å². The summed E-state index contributed by atoms with van der Waals surface area (Å²) in [6, 6.07) is 13.3. The predicted molar refractivity (Wildman–Crippen MR) is 80.6 cm³/mol. The Morgan fingerprint density at radius 3 is 2.55 bits per heavy atom. The van der Waals surface area contributed by atoms with Crippen LogP contribution in [-0.2, 0) is 11.4 Å². The van der Waals surface area contributed by atoms with E-state index in [-0.39, 0.29) is 18.3 Å². The molecule has 0 fully saturated rings. The van der Waals surface area contributed by atoms with E-state index in [4.69, 9.17) is 5.26 Å². The molecule has 2 aromatic rings. The van der Waals surface area contributed by atoms with Gasteiger partial charge in [0.15, 0.2) is 0 Å². The topological polar surface area (TPSA) is 61.1 Å². The molecular formula is C18H16FNO2. The van der Waals surface area contributed by atoms with Crippen molar-refractivity contribution in [1.82, 2.24) is 0 Å². The number of hydrogen-bond acceptors (Lipinski definition) is 3. The number of aldehydes is 1. The minimum absolute atomic E-state index is 0.124. The second-order valence-corrected chi connectivity index (χ2v) is 5.03. The van der Waals surface area contributed by atoms with Gasteiger partial charge in [-0.1, -0.05) is 18.2 Å². The number of nitrogens with zero attached hydrogens (tertiary/aromatic N) is 1. The minimum atomic E-state index is -0.319. The summed E-state index contributed by atoms with van der Waals surface area (Å²) < 4.78 is 13.1. The molecule has 1 N–H and O–H groups in total. The standard InChI is InChI=1S/C18H16FNO2/c19-16-6-4-14(5-7-16)17(2-1-9-21)18-8-3-13(11-20)10-15(18)12-22/h3-10,17,22H,1-2,12H2/t17-/m0/s1. The lowest BCUT2D eigenvalue weighted by Gasteiger charge is -2.20. The molecule has 0 saturated carbocycles. The number of benzene rings is 2. The van der Waals surface area contributed by atoms with Crippen LogP contribution in [0.5, 0.6) is 0 Å². The van der Waals surface area contributed by atoms with Crippen LogP contribution in [0.15, 0.2) is 42.5 Å². The zero-order valence-electron chi connectivity index (χ0n) is 12.0. The molecule has 0 radical (unpaired) electrons. The lowest BCUT2D eigenvalue weighted by atomic mass is 9.84. The van der Waals surface area contributed by atoms with Gasteiger partial charge in [0, 0.05) is 12.3 Å². The minimum Gasteiger partial charge on any atom is -0.392 e. The maximum absolute atomic E-state index is 13.1. The summed E-state index contributed by atoms with van der Waals surface area (Å²) >= 11 is 0. The largest absolute Gasteiger partial charge is 0.392 e. The van der Waals surface area contributed by atoms with Crippen LogP contribution in [0.4, 0.5) is 4.39 Å². The molecule has 2 rings (SSSR count). The Labute approximate surface area is 128 Å². The summed E-state index contributed by atoms with van der Waals surface area (Å²) in [5.74, 6) is -0.444. The molecule has 0 spiro atoms. The first-order valence-electron chi connectivity index (χ1n) is 7.02. The molecule has 0 amide bonds. The van der Waals surface area contributed by atoms with Crippen LogP contribution in [0, 0.1) is 17.1 Å². The van der Waals surface area contributed by atoms with Crippen LogP contribution in [0.3, 0.4) is 0 Å². The van der Waals surface area contributed by atoms with Crippen molar-refractivity contribution in [3.8, 4) is 6.07 Å². The molecule has 0 saturated heterocycles. The van der Waals surface area contributed by atoms with Crippen LogP contribution in [0.1, 0.15) is 41.0 Å². The number of carbonyl (C=O) groups is 1. The normalized spacial score (nSPS) is 11.7. The molecule has 0 aliphatic heterocycles. The van der Waals surface area contributed by atoms with Crippen molar-refractivity contribution in [3.63, 3.8) is 0 Å². The van der Waals surface area contributed by atoms with E-state index in [2.05, 4.69) is 0 Å². The lowest BCUT2D eigenvalue weighted by molar-refractivity contribution is -0.107. The molecule has 1 atom stereocenters. The predicted octanol–water partition coefficient (Wildman–Crippen LogP) is 3.30. The maximum Gasteiger partial charge on any atom is 0.123 e. The average molecular weight is 297 g/mol. The van der Waals surface area contributed by atoms with Crippen molar-refractivity contribution in [2.24, 2.45) is 0 Å². The third-order valence-corrected chi connectivity index (χ3v) is 3.66. The van der Waals surface area contributed by atoms with Gasteiger partial charge in [-0.25, -0.2) is 4.39 Å². The molecule has 0 aliphatic rings. The SMILES string of the molecule is N#Cc1ccc([C@@H](CCC=O)c2ccc(F)cc2)c(CO)c1. The lowest BCUT2D eigenvalue weighted by Crippen LogP contribution is -2.06. The number of aliphatic hydroxyl groups excluding tert-OH is 1. The molecule has 0 heterocycles. The molecule has 2 aromatic carbocycles. The Kier molecular flexibility index (Phi) is 5.40. The van der Waals surface area contributed by atoms with E-state index in [1.165, 1.54) is 12.1 Å². The molecule has 0 aromatic heterocycles. The number of hydrogen-bond donors (Lipinski definition) is 1. The monoisotopic (exact) mass is 297 g/mol. The third-order valence-electron chi connectivity index (χ3n) is 3.66. The van der Waals surface area contributed by atoms with E-state index >= 15 is 0 Å². The first kappa shape index (κ1) is 15.9. The summed E-state index contributed by atoms with van der Waals surface area (Å²) in [4.78, 5) is 10.7. The van der Waals surface area contributed by atoms with Gasteiger partial charge in [-0.3, -0.25) is 0 Å². The molecule has 4 heteroatoms. The van der Waals surface area contributed by atoms with E-state index in [0.29, 0.717) is 24.0 Å². The summed E-state index contributed by atoms with van der Waals surface area (Å²) in [5, 5.41) is 18.5. The van der Waals surface area contributed by atoms with E-state index < -0.39 is 0 Å². The van der Waals surface area contributed by atoms with Gasteiger partial charge in [0.1, 0.15) is 12.1 Å². The number of nitriles is 1. The molecule has 3 nitrogen and oxygen atoms in total. The first-order chi connectivity index (χ1) is 10.7. The van der Waals surface area contributed by atoms with Crippen molar-refractivity contribution in [2.75, 3.05) is 0 Å². The van der Waals surface area contributed by atoms with E-state index in [9.17, 15) is 14.3 Å². The van der Waals surface area contributed by atoms with Gasteiger partial charge in [-0.15, -0.1) is 0 Å². The highest BCUT2D eigenvalue weighted by molar-refractivity contribution is 5.50. The number of carbonyl (C=O) groups excluding carboxylic acids is 1. The zero-order chi connectivity index (χ0) is 15.9. The Balaban J connectivity index is 2.47. The second kappa shape index (κ2) is 7.48. The fraction of sp³-hybridized carbons (Fsp3) is 0.222. The molecule has 112 valence electrons. The van der Waals surface area contributed by atoms with Crippen LogP contribution < -0.4 is 0 Å². The molecular weight excluding hydrogens is 281 g/mol. The van der Waals surface area contributed by atoms with Gasteiger partial charge in [0.2, 0.25) is 0 Å². The Bertz CT molecular complexity index is 689. The second-order valence-electron chi connectivity index (χ2n) is 5.03. The highest BCUT2D eigenvalue weighted by Gasteiger charge is 2.17. The molecule has 0 unspecified atom stereocenters. The number of rotatable bonds is 6. The molecule has 0 aliphatic carbocycles. The molecule has 0 bridgehead atoms. The van der Waals surface area contributed by atoms with E-state index in [1.807, 2.05) is 6.07 Å². The summed E-state index contributed by atoms with van der Waals surface area (Å²) in [6.07, 6.45) is 1.78. The van der Waals surface area contributed by atoms with E-state index in [1.54, 1.807) is 30.3 Å². The third kappa shape index (κ3) is 3.57. The van der Waals surface area contributed by atoms with Gasteiger partial charge in [-0.05, 0) is 47.4 Å². The Hall–Kier alpha value is -2.51.